The Morgan fingerprint density at radius 3 is 2.23 bits per heavy atom. The Bertz CT molecular complexity index is 782. The molecule has 1 atom stereocenters. The van der Waals surface area contributed by atoms with Crippen molar-refractivity contribution in [3.63, 3.8) is 0 Å². The van der Waals surface area contributed by atoms with E-state index in [4.69, 9.17) is 16.3 Å². The second-order valence-corrected chi connectivity index (χ2v) is 7.40. The van der Waals surface area contributed by atoms with Crippen molar-refractivity contribution in [3.05, 3.63) is 53.6 Å². The molecule has 0 heterocycles. The van der Waals surface area contributed by atoms with Gasteiger partial charge in [-0.15, -0.1) is 0 Å². The molecular weight excluding hydrogens is 352 g/mol. The van der Waals surface area contributed by atoms with Crippen molar-refractivity contribution in [2.45, 2.75) is 33.7 Å². The normalized spacial score (nSPS) is 12.2. The van der Waals surface area contributed by atoms with Gasteiger partial charge in [0.1, 0.15) is 17.5 Å². The molecule has 138 valence electrons. The van der Waals surface area contributed by atoms with Gasteiger partial charge in [-0.1, -0.05) is 44.5 Å². The lowest BCUT2D eigenvalue weighted by Gasteiger charge is -2.21. The van der Waals surface area contributed by atoms with Gasteiger partial charge < -0.3 is 15.4 Å². The van der Waals surface area contributed by atoms with E-state index < -0.39 is 11.5 Å². The van der Waals surface area contributed by atoms with E-state index in [0.717, 1.165) is 0 Å². The second kappa shape index (κ2) is 8.23. The molecule has 2 amide bonds. The molecule has 0 aromatic heterocycles. The number of amides is 2. The highest BCUT2D eigenvalue weighted by atomic mass is 35.5. The SMILES string of the molecule is CC(NC(=O)C(C)(C)C)C(=O)Nc1ccc(Oc2ccccc2Cl)cc1. The molecular formula is C20H23ClN2O3. The molecule has 2 aromatic carbocycles. The Hall–Kier alpha value is -2.53. The number of carbonyl (C=O) groups is 2. The summed E-state index contributed by atoms with van der Waals surface area (Å²) in [5.74, 6) is 0.695. The van der Waals surface area contributed by atoms with Crippen LogP contribution in [0.15, 0.2) is 48.5 Å². The Morgan fingerprint density at radius 2 is 1.65 bits per heavy atom. The van der Waals surface area contributed by atoms with E-state index in [1.165, 1.54) is 0 Å². The van der Waals surface area contributed by atoms with Crippen LogP contribution in [-0.4, -0.2) is 17.9 Å². The van der Waals surface area contributed by atoms with Gasteiger partial charge in [0.15, 0.2) is 0 Å². The molecule has 0 bridgehead atoms. The van der Waals surface area contributed by atoms with Gasteiger partial charge in [0.05, 0.1) is 5.02 Å². The summed E-state index contributed by atoms with van der Waals surface area (Å²) in [5.41, 5.74) is 0.0602. The van der Waals surface area contributed by atoms with Crippen molar-refractivity contribution < 1.29 is 14.3 Å². The second-order valence-electron chi connectivity index (χ2n) is 6.99. The first-order valence-electron chi connectivity index (χ1n) is 8.31. The van der Waals surface area contributed by atoms with E-state index in [9.17, 15) is 9.59 Å². The predicted octanol–water partition coefficient (Wildman–Crippen LogP) is 4.62. The standard InChI is InChI=1S/C20H23ClN2O3/c1-13(22-19(25)20(2,3)4)18(24)23-14-9-11-15(12-10-14)26-17-8-6-5-7-16(17)21/h5-13H,1-4H3,(H,22,25)(H,23,24). The van der Waals surface area contributed by atoms with Crippen molar-refractivity contribution >= 4 is 29.1 Å². The number of para-hydroxylation sites is 1. The molecule has 5 nitrogen and oxygen atoms in total. The Morgan fingerprint density at radius 1 is 1.04 bits per heavy atom. The van der Waals surface area contributed by atoms with Crippen LogP contribution in [0.4, 0.5) is 5.69 Å². The van der Waals surface area contributed by atoms with E-state index >= 15 is 0 Å². The minimum Gasteiger partial charge on any atom is -0.456 e. The molecule has 0 saturated heterocycles. The molecule has 0 spiro atoms. The first-order chi connectivity index (χ1) is 12.2. The summed E-state index contributed by atoms with van der Waals surface area (Å²) in [6.45, 7) is 7.04. The van der Waals surface area contributed by atoms with E-state index in [1.54, 1.807) is 64.1 Å². The van der Waals surface area contributed by atoms with Gasteiger partial charge in [-0.05, 0) is 43.3 Å². The van der Waals surface area contributed by atoms with Crippen molar-refractivity contribution in [2.24, 2.45) is 5.41 Å². The number of halogens is 1. The van der Waals surface area contributed by atoms with Crippen LogP contribution in [0, 0.1) is 5.41 Å². The lowest BCUT2D eigenvalue weighted by atomic mass is 9.95. The fourth-order valence-corrected chi connectivity index (χ4v) is 2.16. The highest BCUT2D eigenvalue weighted by molar-refractivity contribution is 6.32. The van der Waals surface area contributed by atoms with Crippen LogP contribution in [0.2, 0.25) is 5.02 Å². The summed E-state index contributed by atoms with van der Waals surface area (Å²) >= 11 is 6.07. The summed E-state index contributed by atoms with van der Waals surface area (Å²) < 4.78 is 5.70. The van der Waals surface area contributed by atoms with E-state index in [-0.39, 0.29) is 11.8 Å². The molecule has 0 saturated carbocycles. The Balaban J connectivity index is 1.95. The molecule has 26 heavy (non-hydrogen) atoms. The van der Waals surface area contributed by atoms with Crippen LogP contribution in [0.5, 0.6) is 11.5 Å². The van der Waals surface area contributed by atoms with Crippen LogP contribution in [0.3, 0.4) is 0 Å². The summed E-state index contributed by atoms with van der Waals surface area (Å²) in [4.78, 5) is 24.2. The number of benzene rings is 2. The zero-order valence-corrected chi connectivity index (χ0v) is 16.1. The van der Waals surface area contributed by atoms with Crippen LogP contribution in [-0.2, 0) is 9.59 Å². The largest absolute Gasteiger partial charge is 0.456 e. The molecule has 2 N–H and O–H groups in total. The molecule has 0 aliphatic heterocycles. The van der Waals surface area contributed by atoms with Crippen molar-refractivity contribution in [1.29, 1.82) is 0 Å². The minimum atomic E-state index is -0.638. The fraction of sp³-hybridized carbons (Fsp3) is 0.300. The average Bonchev–Trinajstić information content (AvgIpc) is 2.57. The molecule has 0 aliphatic rings. The van der Waals surface area contributed by atoms with Gasteiger partial charge in [0, 0.05) is 11.1 Å². The number of hydrogen-bond acceptors (Lipinski definition) is 3. The monoisotopic (exact) mass is 374 g/mol. The maximum absolute atomic E-state index is 12.2. The van der Waals surface area contributed by atoms with Gasteiger partial charge in [-0.3, -0.25) is 9.59 Å². The maximum atomic E-state index is 12.2. The quantitative estimate of drug-likeness (QED) is 0.802. The molecule has 1 unspecified atom stereocenters. The summed E-state index contributed by atoms with van der Waals surface area (Å²) in [5, 5.41) is 5.99. The van der Waals surface area contributed by atoms with Gasteiger partial charge in [0.25, 0.3) is 0 Å². The molecule has 0 radical (unpaired) electrons. The smallest absolute Gasteiger partial charge is 0.246 e. The highest BCUT2D eigenvalue weighted by Gasteiger charge is 2.25. The van der Waals surface area contributed by atoms with Crippen LogP contribution < -0.4 is 15.4 Å². The van der Waals surface area contributed by atoms with Gasteiger partial charge in [-0.2, -0.15) is 0 Å². The first-order valence-corrected chi connectivity index (χ1v) is 8.69. The maximum Gasteiger partial charge on any atom is 0.246 e. The van der Waals surface area contributed by atoms with E-state index in [2.05, 4.69) is 10.6 Å². The number of hydrogen-bond donors (Lipinski definition) is 2. The number of nitrogens with one attached hydrogen (secondary N) is 2. The van der Waals surface area contributed by atoms with Crippen molar-refractivity contribution in [3.8, 4) is 11.5 Å². The zero-order chi connectivity index (χ0) is 19.3. The average molecular weight is 375 g/mol. The first kappa shape index (κ1) is 19.8. The summed E-state index contributed by atoms with van der Waals surface area (Å²) in [6, 6.07) is 13.5. The third-order valence-corrected chi connectivity index (χ3v) is 3.92. The number of ether oxygens (including phenoxy) is 1. The van der Waals surface area contributed by atoms with E-state index in [0.29, 0.717) is 22.2 Å². The van der Waals surface area contributed by atoms with Gasteiger partial charge in [-0.25, -0.2) is 0 Å². The Labute approximate surface area is 158 Å². The van der Waals surface area contributed by atoms with Crippen LogP contribution >= 0.6 is 11.6 Å². The number of rotatable bonds is 5. The van der Waals surface area contributed by atoms with E-state index in [1.807, 2.05) is 12.1 Å². The minimum absolute atomic E-state index is 0.177. The van der Waals surface area contributed by atoms with Crippen molar-refractivity contribution in [2.75, 3.05) is 5.32 Å². The zero-order valence-electron chi connectivity index (χ0n) is 15.3. The topological polar surface area (TPSA) is 67.4 Å². The van der Waals surface area contributed by atoms with Crippen LogP contribution in [0.1, 0.15) is 27.7 Å². The third kappa shape index (κ3) is 5.49. The summed E-state index contributed by atoms with van der Waals surface area (Å²) in [6.07, 6.45) is 0. The Kier molecular flexibility index (Phi) is 6.27. The summed E-state index contributed by atoms with van der Waals surface area (Å²) in [7, 11) is 0. The lowest BCUT2D eigenvalue weighted by molar-refractivity contribution is -0.131. The predicted molar refractivity (Wildman–Crippen MR) is 104 cm³/mol. The molecule has 2 rings (SSSR count). The lowest BCUT2D eigenvalue weighted by Crippen LogP contribution is -2.46. The van der Waals surface area contributed by atoms with Crippen molar-refractivity contribution in [1.82, 2.24) is 5.32 Å². The van der Waals surface area contributed by atoms with Gasteiger partial charge >= 0.3 is 0 Å². The van der Waals surface area contributed by atoms with Gasteiger partial charge in [0.2, 0.25) is 11.8 Å². The molecule has 0 aliphatic carbocycles. The molecule has 0 fully saturated rings. The molecule has 2 aromatic rings. The number of anilines is 1. The fourth-order valence-electron chi connectivity index (χ4n) is 1.99. The van der Waals surface area contributed by atoms with Crippen LogP contribution in [0.25, 0.3) is 0 Å². The molecule has 6 heteroatoms. The number of carbonyl (C=O) groups excluding carboxylic acids is 2. The third-order valence-electron chi connectivity index (χ3n) is 3.61. The highest BCUT2D eigenvalue weighted by Crippen LogP contribution is 2.29.